The average molecular weight is 231 g/mol. The number of aliphatic hydroxyl groups is 1. The van der Waals surface area contributed by atoms with Crippen LogP contribution >= 0.6 is 0 Å². The number of benzene rings is 1. The summed E-state index contributed by atoms with van der Waals surface area (Å²) in [6.45, 7) is 2.09. The van der Waals surface area contributed by atoms with E-state index in [0.29, 0.717) is 6.42 Å². The van der Waals surface area contributed by atoms with Gasteiger partial charge >= 0.3 is 0 Å². The van der Waals surface area contributed by atoms with Crippen molar-refractivity contribution in [2.24, 2.45) is 7.05 Å². The number of aryl methyl sites for hydroxylation is 3. The van der Waals surface area contributed by atoms with Gasteiger partial charge in [-0.25, -0.2) is 4.68 Å². The van der Waals surface area contributed by atoms with Crippen LogP contribution in [0.1, 0.15) is 29.3 Å². The second-order valence-corrected chi connectivity index (χ2v) is 4.26. The molecule has 0 saturated carbocycles. The summed E-state index contributed by atoms with van der Waals surface area (Å²) in [6, 6.07) is 8.25. The van der Waals surface area contributed by atoms with Crippen LogP contribution in [-0.4, -0.2) is 20.1 Å². The van der Waals surface area contributed by atoms with E-state index in [9.17, 15) is 5.11 Å². The lowest BCUT2D eigenvalue weighted by atomic mass is 10.0. The van der Waals surface area contributed by atoms with E-state index in [1.54, 1.807) is 17.9 Å². The monoisotopic (exact) mass is 231 g/mol. The van der Waals surface area contributed by atoms with Crippen LogP contribution in [0.2, 0.25) is 0 Å². The van der Waals surface area contributed by atoms with Gasteiger partial charge < -0.3 is 5.11 Å². The summed E-state index contributed by atoms with van der Waals surface area (Å²) >= 11 is 0. The van der Waals surface area contributed by atoms with E-state index < -0.39 is 6.10 Å². The Morgan fingerprint density at radius 3 is 2.76 bits per heavy atom. The molecular weight excluding hydrogens is 214 g/mol. The number of hydrogen-bond acceptors (Lipinski definition) is 3. The van der Waals surface area contributed by atoms with Gasteiger partial charge in [0.05, 0.1) is 18.0 Å². The molecule has 0 bridgehead atoms. The Bertz CT molecular complexity index is 493. The molecule has 0 fully saturated rings. The third-order valence-electron chi connectivity index (χ3n) is 3.04. The quantitative estimate of drug-likeness (QED) is 0.872. The van der Waals surface area contributed by atoms with Crippen molar-refractivity contribution in [3.8, 4) is 0 Å². The fourth-order valence-electron chi connectivity index (χ4n) is 1.93. The summed E-state index contributed by atoms with van der Waals surface area (Å²) in [6.07, 6.45) is 2.66. The predicted molar refractivity (Wildman–Crippen MR) is 65.5 cm³/mol. The van der Waals surface area contributed by atoms with Gasteiger partial charge in [0.1, 0.15) is 0 Å². The molecule has 4 nitrogen and oxygen atoms in total. The first-order valence-electron chi connectivity index (χ1n) is 5.75. The van der Waals surface area contributed by atoms with E-state index in [-0.39, 0.29) is 0 Å². The van der Waals surface area contributed by atoms with Crippen molar-refractivity contribution in [3.63, 3.8) is 0 Å². The molecule has 0 amide bonds. The Kier molecular flexibility index (Phi) is 3.54. The molecule has 2 aromatic rings. The van der Waals surface area contributed by atoms with Crippen LogP contribution in [0.15, 0.2) is 30.5 Å². The van der Waals surface area contributed by atoms with Crippen molar-refractivity contribution in [2.45, 2.75) is 25.9 Å². The van der Waals surface area contributed by atoms with E-state index in [1.165, 1.54) is 11.1 Å². The molecule has 0 radical (unpaired) electrons. The van der Waals surface area contributed by atoms with E-state index in [2.05, 4.69) is 29.4 Å². The van der Waals surface area contributed by atoms with Crippen molar-refractivity contribution in [3.05, 3.63) is 47.3 Å². The maximum atomic E-state index is 10.0. The van der Waals surface area contributed by atoms with Gasteiger partial charge in [0.15, 0.2) is 0 Å². The predicted octanol–water partition coefficient (Wildman–Crippen LogP) is 1.79. The van der Waals surface area contributed by atoms with Gasteiger partial charge in [-0.2, -0.15) is 0 Å². The van der Waals surface area contributed by atoms with Crippen LogP contribution in [0, 0.1) is 6.92 Å². The number of rotatable bonds is 4. The Morgan fingerprint density at radius 2 is 2.12 bits per heavy atom. The summed E-state index contributed by atoms with van der Waals surface area (Å²) in [7, 11) is 1.79. The zero-order valence-electron chi connectivity index (χ0n) is 10.2. The van der Waals surface area contributed by atoms with E-state index in [0.717, 1.165) is 12.1 Å². The second kappa shape index (κ2) is 5.10. The molecule has 1 N–H and O–H groups in total. The van der Waals surface area contributed by atoms with E-state index in [1.807, 2.05) is 12.1 Å². The Hall–Kier alpha value is -1.68. The highest BCUT2D eigenvalue weighted by Gasteiger charge is 2.12. The molecule has 0 aliphatic heterocycles. The molecule has 2 rings (SSSR count). The molecule has 90 valence electrons. The SMILES string of the molecule is Cc1ccccc1CCC(O)c1cnnn1C. The number of aromatic nitrogens is 3. The van der Waals surface area contributed by atoms with Crippen LogP contribution in [0.3, 0.4) is 0 Å². The molecule has 17 heavy (non-hydrogen) atoms. The first kappa shape index (κ1) is 11.8. The third-order valence-corrected chi connectivity index (χ3v) is 3.04. The molecule has 0 saturated heterocycles. The summed E-state index contributed by atoms with van der Waals surface area (Å²) in [5.41, 5.74) is 3.31. The minimum absolute atomic E-state index is 0.505. The standard InChI is InChI=1S/C13H17N3O/c1-10-5-3-4-6-11(10)7-8-13(17)12-9-14-15-16(12)2/h3-6,9,13,17H,7-8H2,1-2H3. The van der Waals surface area contributed by atoms with Gasteiger partial charge in [0, 0.05) is 7.05 Å². The number of nitrogens with zero attached hydrogens (tertiary/aromatic N) is 3. The summed E-state index contributed by atoms with van der Waals surface area (Å²) in [4.78, 5) is 0. The Balaban J connectivity index is 2.00. The number of hydrogen-bond donors (Lipinski definition) is 1. The highest BCUT2D eigenvalue weighted by atomic mass is 16.3. The molecule has 1 aromatic heterocycles. The summed E-state index contributed by atoms with van der Waals surface area (Å²) < 4.78 is 1.61. The van der Waals surface area contributed by atoms with Gasteiger partial charge in [-0.15, -0.1) is 5.10 Å². The Morgan fingerprint density at radius 1 is 1.35 bits per heavy atom. The van der Waals surface area contributed by atoms with Crippen LogP contribution < -0.4 is 0 Å². The molecule has 4 heteroatoms. The zero-order valence-corrected chi connectivity index (χ0v) is 10.2. The fourth-order valence-corrected chi connectivity index (χ4v) is 1.93. The van der Waals surface area contributed by atoms with Crippen molar-refractivity contribution >= 4 is 0 Å². The van der Waals surface area contributed by atoms with Gasteiger partial charge in [0.2, 0.25) is 0 Å². The van der Waals surface area contributed by atoms with Crippen LogP contribution in [0.5, 0.6) is 0 Å². The first-order valence-corrected chi connectivity index (χ1v) is 5.75. The lowest BCUT2D eigenvalue weighted by Crippen LogP contribution is -2.06. The van der Waals surface area contributed by atoms with Gasteiger partial charge in [-0.3, -0.25) is 0 Å². The van der Waals surface area contributed by atoms with Crippen LogP contribution in [-0.2, 0) is 13.5 Å². The van der Waals surface area contributed by atoms with E-state index in [4.69, 9.17) is 0 Å². The molecule has 0 spiro atoms. The zero-order chi connectivity index (χ0) is 12.3. The highest BCUT2D eigenvalue weighted by molar-refractivity contribution is 5.25. The molecule has 0 aliphatic rings. The van der Waals surface area contributed by atoms with Crippen molar-refractivity contribution in [2.75, 3.05) is 0 Å². The summed E-state index contributed by atoms with van der Waals surface area (Å²) in [5.74, 6) is 0. The topological polar surface area (TPSA) is 50.9 Å². The minimum atomic E-state index is -0.505. The normalized spacial score (nSPS) is 12.6. The van der Waals surface area contributed by atoms with Crippen molar-refractivity contribution in [1.82, 2.24) is 15.0 Å². The molecule has 1 atom stereocenters. The lowest BCUT2D eigenvalue weighted by molar-refractivity contribution is 0.158. The summed E-state index contributed by atoms with van der Waals surface area (Å²) in [5, 5.41) is 17.6. The second-order valence-electron chi connectivity index (χ2n) is 4.26. The van der Waals surface area contributed by atoms with Crippen LogP contribution in [0.4, 0.5) is 0 Å². The number of aliphatic hydroxyl groups excluding tert-OH is 1. The van der Waals surface area contributed by atoms with Gasteiger partial charge in [-0.05, 0) is 30.9 Å². The maximum absolute atomic E-state index is 10.0. The van der Waals surface area contributed by atoms with Crippen molar-refractivity contribution < 1.29 is 5.11 Å². The van der Waals surface area contributed by atoms with Crippen LogP contribution in [0.25, 0.3) is 0 Å². The molecule has 0 aliphatic carbocycles. The molecule has 1 aromatic carbocycles. The van der Waals surface area contributed by atoms with Gasteiger partial charge in [0.25, 0.3) is 0 Å². The van der Waals surface area contributed by atoms with E-state index >= 15 is 0 Å². The smallest absolute Gasteiger partial charge is 0.0976 e. The van der Waals surface area contributed by atoms with Crippen molar-refractivity contribution in [1.29, 1.82) is 0 Å². The Labute approximate surface area is 101 Å². The third kappa shape index (κ3) is 2.71. The van der Waals surface area contributed by atoms with Gasteiger partial charge in [-0.1, -0.05) is 29.5 Å². The maximum Gasteiger partial charge on any atom is 0.0976 e. The molecule has 1 unspecified atom stereocenters. The lowest BCUT2D eigenvalue weighted by Gasteiger charge is -2.11. The molecule has 1 heterocycles. The average Bonchev–Trinajstić information content (AvgIpc) is 2.74. The fraction of sp³-hybridized carbons (Fsp3) is 0.385. The minimum Gasteiger partial charge on any atom is -0.387 e. The molecular formula is C13H17N3O. The first-order chi connectivity index (χ1) is 8.18. The largest absolute Gasteiger partial charge is 0.387 e. The highest BCUT2D eigenvalue weighted by Crippen LogP contribution is 2.18.